The molecule has 116 valence electrons. The molecule has 0 atom stereocenters. The number of carbonyl (C=O) groups is 1. The fourth-order valence-corrected chi connectivity index (χ4v) is 1.71. The van der Waals surface area contributed by atoms with Crippen LogP contribution in [0.4, 0.5) is 5.69 Å². The van der Waals surface area contributed by atoms with Crippen LogP contribution >= 0.6 is 0 Å². The molecule has 0 amide bonds. The summed E-state index contributed by atoms with van der Waals surface area (Å²) in [6, 6.07) is 3.90. The molecular weight excluding hydrogens is 278 g/mol. The van der Waals surface area contributed by atoms with Gasteiger partial charge in [0.25, 0.3) is 5.69 Å². The molecule has 0 saturated carbocycles. The zero-order valence-electron chi connectivity index (χ0n) is 12.3. The van der Waals surface area contributed by atoms with Gasteiger partial charge in [-0.25, -0.2) is 0 Å². The van der Waals surface area contributed by atoms with Gasteiger partial charge in [-0.1, -0.05) is 0 Å². The largest absolute Gasteiger partial charge is 0.488 e. The molecule has 7 heteroatoms. The van der Waals surface area contributed by atoms with Crippen molar-refractivity contribution in [2.75, 3.05) is 19.8 Å². The number of nitro benzene ring substituents is 1. The quantitative estimate of drug-likeness (QED) is 0.301. The Labute approximate surface area is 123 Å². The third-order valence-electron chi connectivity index (χ3n) is 2.63. The molecule has 0 spiro atoms. The average Bonchev–Trinajstić information content (AvgIpc) is 2.44. The molecule has 1 aromatic rings. The number of nitro groups is 1. The van der Waals surface area contributed by atoms with E-state index in [1.165, 1.54) is 25.1 Å². The fourth-order valence-electron chi connectivity index (χ4n) is 1.71. The van der Waals surface area contributed by atoms with Gasteiger partial charge in [0.15, 0.2) is 12.1 Å². The third kappa shape index (κ3) is 5.13. The minimum atomic E-state index is -0.556. The maximum Gasteiger partial charge on any atom is 0.270 e. The molecule has 1 rings (SSSR count). The lowest BCUT2D eigenvalue weighted by atomic mass is 10.1. The summed E-state index contributed by atoms with van der Waals surface area (Å²) in [5, 5.41) is 10.7. The summed E-state index contributed by atoms with van der Waals surface area (Å²) in [6.07, 6.45) is -0.546. The summed E-state index contributed by atoms with van der Waals surface area (Å²) in [5.74, 6) is -0.0319. The Kier molecular flexibility index (Phi) is 6.77. The van der Waals surface area contributed by atoms with Gasteiger partial charge in [-0.3, -0.25) is 14.9 Å². The van der Waals surface area contributed by atoms with Crippen LogP contribution in [0, 0.1) is 10.1 Å². The molecule has 0 aliphatic rings. The second kappa shape index (κ2) is 8.33. The van der Waals surface area contributed by atoms with E-state index in [-0.39, 0.29) is 29.4 Å². The Hall–Kier alpha value is -1.99. The molecule has 0 heterocycles. The molecule has 0 aliphatic heterocycles. The van der Waals surface area contributed by atoms with E-state index < -0.39 is 11.2 Å². The van der Waals surface area contributed by atoms with E-state index >= 15 is 0 Å². The zero-order valence-corrected chi connectivity index (χ0v) is 12.3. The Balaban J connectivity index is 2.86. The van der Waals surface area contributed by atoms with Gasteiger partial charge < -0.3 is 14.2 Å². The number of ketones is 1. The summed E-state index contributed by atoms with van der Waals surface area (Å²) in [5.41, 5.74) is 0.00895. The molecule has 1 aromatic carbocycles. The number of rotatable bonds is 9. The number of hydrogen-bond donors (Lipinski definition) is 0. The predicted molar refractivity (Wildman–Crippen MR) is 75.6 cm³/mol. The van der Waals surface area contributed by atoms with Gasteiger partial charge in [0.2, 0.25) is 0 Å². The van der Waals surface area contributed by atoms with Crippen LogP contribution in [-0.4, -0.2) is 36.8 Å². The highest BCUT2D eigenvalue weighted by atomic mass is 16.7. The van der Waals surface area contributed by atoms with E-state index in [0.717, 1.165) is 0 Å². The van der Waals surface area contributed by atoms with Crippen LogP contribution in [0.15, 0.2) is 18.2 Å². The van der Waals surface area contributed by atoms with Crippen LogP contribution in [0.2, 0.25) is 0 Å². The second-order valence-electron chi connectivity index (χ2n) is 4.15. The molecule has 0 bridgehead atoms. The number of nitrogens with zero attached hydrogens (tertiary/aromatic N) is 1. The third-order valence-corrected chi connectivity index (χ3v) is 2.63. The Morgan fingerprint density at radius 3 is 2.38 bits per heavy atom. The lowest BCUT2D eigenvalue weighted by Gasteiger charge is -2.18. The predicted octanol–water partition coefficient (Wildman–Crippen LogP) is 2.58. The summed E-state index contributed by atoms with van der Waals surface area (Å²) in [4.78, 5) is 21.8. The van der Waals surface area contributed by atoms with E-state index in [1.807, 2.05) is 13.8 Å². The highest BCUT2D eigenvalue weighted by molar-refractivity contribution is 5.97. The zero-order chi connectivity index (χ0) is 15.8. The van der Waals surface area contributed by atoms with Crippen molar-refractivity contribution in [1.29, 1.82) is 0 Å². The van der Waals surface area contributed by atoms with Crippen LogP contribution in [0.25, 0.3) is 0 Å². The first-order chi connectivity index (χ1) is 9.99. The lowest BCUT2D eigenvalue weighted by molar-refractivity contribution is -0.384. The van der Waals surface area contributed by atoms with E-state index in [9.17, 15) is 14.9 Å². The highest BCUT2D eigenvalue weighted by Gasteiger charge is 2.17. The van der Waals surface area contributed by atoms with Gasteiger partial charge in [-0.2, -0.15) is 0 Å². The Morgan fingerprint density at radius 1 is 1.29 bits per heavy atom. The van der Waals surface area contributed by atoms with Crippen molar-refractivity contribution in [2.24, 2.45) is 0 Å². The van der Waals surface area contributed by atoms with Gasteiger partial charge in [-0.05, 0) is 26.8 Å². The van der Waals surface area contributed by atoms with E-state index in [0.29, 0.717) is 13.2 Å². The topological polar surface area (TPSA) is 87.9 Å². The van der Waals surface area contributed by atoms with Crippen molar-refractivity contribution in [1.82, 2.24) is 0 Å². The van der Waals surface area contributed by atoms with E-state index in [1.54, 1.807) is 0 Å². The fraction of sp³-hybridized carbons (Fsp3) is 0.500. The molecule has 21 heavy (non-hydrogen) atoms. The summed E-state index contributed by atoms with van der Waals surface area (Å²) < 4.78 is 16.2. The lowest BCUT2D eigenvalue weighted by Crippen LogP contribution is -2.25. The molecule has 0 fully saturated rings. The number of ether oxygens (including phenoxy) is 3. The molecule has 0 N–H and O–H groups in total. The Bertz CT molecular complexity index is 496. The van der Waals surface area contributed by atoms with Crippen LogP contribution in [0.1, 0.15) is 31.1 Å². The van der Waals surface area contributed by atoms with Crippen LogP contribution in [0.5, 0.6) is 5.75 Å². The molecule has 0 saturated heterocycles. The first-order valence-corrected chi connectivity index (χ1v) is 6.64. The van der Waals surface area contributed by atoms with Crippen molar-refractivity contribution >= 4 is 11.5 Å². The average molecular weight is 297 g/mol. The summed E-state index contributed by atoms with van der Waals surface area (Å²) in [7, 11) is 0. The van der Waals surface area contributed by atoms with Crippen LogP contribution in [0.3, 0.4) is 0 Å². The van der Waals surface area contributed by atoms with Gasteiger partial charge in [0.05, 0.1) is 10.5 Å². The molecule has 0 unspecified atom stereocenters. The molecule has 0 radical (unpaired) electrons. The molecule has 7 nitrogen and oxygen atoms in total. The first kappa shape index (κ1) is 17.1. The smallest absolute Gasteiger partial charge is 0.270 e. The molecule has 0 aliphatic carbocycles. The number of carbonyl (C=O) groups excluding carboxylic acids is 1. The first-order valence-electron chi connectivity index (χ1n) is 6.64. The van der Waals surface area contributed by atoms with Gasteiger partial charge >= 0.3 is 0 Å². The van der Waals surface area contributed by atoms with Gasteiger partial charge in [-0.15, -0.1) is 0 Å². The minimum Gasteiger partial charge on any atom is -0.488 e. The standard InChI is InChI=1S/C14H19NO6/c1-4-19-14(20-5-2)9-21-13-7-6-11(15(17)18)8-12(13)10(3)16/h6-8,14H,4-5,9H2,1-3H3. The van der Waals surface area contributed by atoms with Crippen molar-refractivity contribution in [3.05, 3.63) is 33.9 Å². The van der Waals surface area contributed by atoms with Gasteiger partial charge in [0.1, 0.15) is 12.4 Å². The second-order valence-corrected chi connectivity index (χ2v) is 4.15. The number of non-ortho nitro benzene ring substituents is 1. The van der Waals surface area contributed by atoms with Crippen molar-refractivity contribution in [3.63, 3.8) is 0 Å². The molecular formula is C14H19NO6. The summed E-state index contributed by atoms with van der Waals surface area (Å²) in [6.45, 7) is 6.02. The summed E-state index contributed by atoms with van der Waals surface area (Å²) >= 11 is 0. The molecule has 0 aromatic heterocycles. The van der Waals surface area contributed by atoms with Crippen molar-refractivity contribution in [2.45, 2.75) is 27.1 Å². The Morgan fingerprint density at radius 2 is 1.90 bits per heavy atom. The number of Topliss-reactive ketones (excluding diaryl/α,β-unsaturated/α-hetero) is 1. The van der Waals surface area contributed by atoms with Crippen molar-refractivity contribution < 1.29 is 23.9 Å². The number of hydrogen-bond acceptors (Lipinski definition) is 6. The SMILES string of the molecule is CCOC(COc1ccc([N+](=O)[O-])cc1C(C)=O)OCC. The maximum atomic E-state index is 11.6. The van der Waals surface area contributed by atoms with Gasteiger partial charge in [0, 0.05) is 25.3 Å². The van der Waals surface area contributed by atoms with Crippen molar-refractivity contribution in [3.8, 4) is 5.75 Å². The van der Waals surface area contributed by atoms with E-state index in [2.05, 4.69) is 0 Å². The monoisotopic (exact) mass is 297 g/mol. The maximum absolute atomic E-state index is 11.6. The number of benzene rings is 1. The van der Waals surface area contributed by atoms with Crippen LogP contribution in [-0.2, 0) is 9.47 Å². The minimum absolute atomic E-state index is 0.0970. The highest BCUT2D eigenvalue weighted by Crippen LogP contribution is 2.25. The van der Waals surface area contributed by atoms with E-state index in [4.69, 9.17) is 14.2 Å². The van der Waals surface area contributed by atoms with Crippen LogP contribution < -0.4 is 4.74 Å². The normalized spacial score (nSPS) is 10.7.